The SMILES string of the molecule is CC1NNC(/N=C/c2c(O)n(C)c(=O)n(C)c2=O)C1c1ccccc1. The van der Waals surface area contributed by atoms with E-state index in [2.05, 4.69) is 15.8 Å². The largest absolute Gasteiger partial charge is 0.494 e. The van der Waals surface area contributed by atoms with E-state index in [1.807, 2.05) is 37.3 Å². The molecule has 2 heterocycles. The van der Waals surface area contributed by atoms with Crippen LogP contribution in [0.1, 0.15) is 24.0 Å². The Morgan fingerprint density at radius 3 is 2.48 bits per heavy atom. The quantitative estimate of drug-likeness (QED) is 0.671. The van der Waals surface area contributed by atoms with Gasteiger partial charge in [0, 0.05) is 32.3 Å². The van der Waals surface area contributed by atoms with Gasteiger partial charge in [0.15, 0.2) is 0 Å². The number of nitrogens with one attached hydrogen (secondary N) is 2. The molecule has 25 heavy (non-hydrogen) atoms. The molecule has 1 aliphatic heterocycles. The second-order valence-corrected chi connectivity index (χ2v) is 6.18. The molecule has 0 saturated carbocycles. The van der Waals surface area contributed by atoms with Gasteiger partial charge in [0.1, 0.15) is 11.7 Å². The molecule has 3 rings (SSSR count). The van der Waals surface area contributed by atoms with Crippen LogP contribution in [-0.2, 0) is 14.1 Å². The van der Waals surface area contributed by atoms with Crippen molar-refractivity contribution >= 4 is 6.21 Å². The van der Waals surface area contributed by atoms with Crippen LogP contribution in [-0.4, -0.2) is 32.7 Å². The molecule has 0 spiro atoms. The van der Waals surface area contributed by atoms with Crippen LogP contribution in [0.15, 0.2) is 44.9 Å². The molecule has 1 fully saturated rings. The minimum Gasteiger partial charge on any atom is -0.494 e. The van der Waals surface area contributed by atoms with Crippen molar-refractivity contribution in [1.82, 2.24) is 20.0 Å². The van der Waals surface area contributed by atoms with Crippen LogP contribution in [0, 0.1) is 0 Å². The number of nitrogens with zero attached hydrogens (tertiary/aromatic N) is 3. The smallest absolute Gasteiger partial charge is 0.333 e. The van der Waals surface area contributed by atoms with Crippen LogP contribution in [0.3, 0.4) is 0 Å². The summed E-state index contributed by atoms with van der Waals surface area (Å²) in [5, 5.41) is 10.1. The van der Waals surface area contributed by atoms with Crippen molar-refractivity contribution in [3.8, 4) is 5.88 Å². The summed E-state index contributed by atoms with van der Waals surface area (Å²) in [5.74, 6) is -0.330. The van der Waals surface area contributed by atoms with Crippen LogP contribution in [0.2, 0.25) is 0 Å². The lowest BCUT2D eigenvalue weighted by Gasteiger charge is -2.18. The topological polar surface area (TPSA) is 101 Å². The number of hydrogen-bond acceptors (Lipinski definition) is 6. The minimum atomic E-state index is -0.587. The molecule has 0 aliphatic carbocycles. The molecule has 132 valence electrons. The third-order valence-corrected chi connectivity index (χ3v) is 4.55. The van der Waals surface area contributed by atoms with Gasteiger partial charge in [-0.2, -0.15) is 0 Å². The van der Waals surface area contributed by atoms with Gasteiger partial charge in [-0.25, -0.2) is 10.2 Å². The van der Waals surface area contributed by atoms with E-state index in [1.54, 1.807) is 0 Å². The second kappa shape index (κ2) is 6.66. The average Bonchev–Trinajstić information content (AvgIpc) is 2.99. The molecule has 8 nitrogen and oxygen atoms in total. The molecule has 8 heteroatoms. The second-order valence-electron chi connectivity index (χ2n) is 6.18. The zero-order valence-electron chi connectivity index (χ0n) is 14.3. The van der Waals surface area contributed by atoms with Gasteiger partial charge in [0.05, 0.1) is 0 Å². The Morgan fingerprint density at radius 2 is 1.80 bits per heavy atom. The highest BCUT2D eigenvalue weighted by Crippen LogP contribution is 2.27. The molecule has 2 aromatic rings. The van der Waals surface area contributed by atoms with Gasteiger partial charge in [-0.05, 0) is 12.5 Å². The fourth-order valence-corrected chi connectivity index (χ4v) is 3.07. The van der Waals surface area contributed by atoms with E-state index in [4.69, 9.17) is 0 Å². The highest BCUT2D eigenvalue weighted by Gasteiger charge is 2.33. The highest BCUT2D eigenvalue weighted by atomic mass is 16.3. The summed E-state index contributed by atoms with van der Waals surface area (Å²) in [5.41, 5.74) is 6.18. The van der Waals surface area contributed by atoms with Gasteiger partial charge in [0.25, 0.3) is 5.56 Å². The van der Waals surface area contributed by atoms with Crippen molar-refractivity contribution < 1.29 is 5.11 Å². The molecule has 0 radical (unpaired) electrons. The van der Waals surface area contributed by atoms with Gasteiger partial charge in [-0.15, -0.1) is 0 Å². The molecule has 3 unspecified atom stereocenters. The van der Waals surface area contributed by atoms with Crippen LogP contribution >= 0.6 is 0 Å². The molecule has 3 atom stereocenters. The molecular weight excluding hydrogens is 322 g/mol. The van der Waals surface area contributed by atoms with E-state index >= 15 is 0 Å². The molecule has 3 N–H and O–H groups in total. The summed E-state index contributed by atoms with van der Waals surface area (Å²) in [7, 11) is 2.77. The van der Waals surface area contributed by atoms with Gasteiger partial charge in [-0.3, -0.25) is 24.3 Å². The van der Waals surface area contributed by atoms with Crippen molar-refractivity contribution in [2.75, 3.05) is 0 Å². The van der Waals surface area contributed by atoms with Gasteiger partial charge in [0.2, 0.25) is 5.88 Å². The zero-order valence-corrected chi connectivity index (χ0v) is 14.3. The van der Waals surface area contributed by atoms with Crippen molar-refractivity contribution in [1.29, 1.82) is 0 Å². The number of hydrogen-bond donors (Lipinski definition) is 3. The summed E-state index contributed by atoms with van der Waals surface area (Å²) < 4.78 is 1.96. The van der Waals surface area contributed by atoms with E-state index < -0.39 is 17.1 Å². The Kier molecular flexibility index (Phi) is 4.56. The third-order valence-electron chi connectivity index (χ3n) is 4.55. The zero-order chi connectivity index (χ0) is 18.1. The predicted octanol–water partition coefficient (Wildman–Crippen LogP) is -0.185. The fraction of sp³-hybridized carbons (Fsp3) is 0.353. The van der Waals surface area contributed by atoms with Crippen LogP contribution < -0.4 is 22.1 Å². The van der Waals surface area contributed by atoms with Crippen molar-refractivity contribution in [2.24, 2.45) is 19.1 Å². The van der Waals surface area contributed by atoms with Crippen molar-refractivity contribution in [3.63, 3.8) is 0 Å². The summed E-state index contributed by atoms with van der Waals surface area (Å²) in [4.78, 5) is 28.5. The average molecular weight is 343 g/mol. The standard InChI is InChI=1S/C17H21N5O3/c1-10-13(11-7-5-4-6-8-11)14(20-19-10)18-9-12-15(23)21(2)17(25)22(3)16(12)24/h4-10,13-14,19-20,23H,1-3H3/b18-9+. The van der Waals surface area contributed by atoms with Crippen molar-refractivity contribution in [3.05, 3.63) is 62.3 Å². The Balaban J connectivity index is 1.97. The van der Waals surface area contributed by atoms with Crippen LogP contribution in [0.25, 0.3) is 0 Å². The number of aliphatic imine (C=N–C) groups is 1. The van der Waals surface area contributed by atoms with Gasteiger partial charge < -0.3 is 5.11 Å². The lowest BCUT2D eigenvalue weighted by Crippen LogP contribution is -2.39. The lowest BCUT2D eigenvalue weighted by atomic mass is 9.92. The molecule has 0 amide bonds. The molecule has 1 aromatic carbocycles. The maximum Gasteiger partial charge on any atom is 0.333 e. The Bertz CT molecular complexity index is 916. The van der Waals surface area contributed by atoms with E-state index in [1.165, 1.54) is 20.3 Å². The van der Waals surface area contributed by atoms with E-state index in [0.29, 0.717) is 0 Å². The first-order valence-electron chi connectivity index (χ1n) is 8.00. The van der Waals surface area contributed by atoms with E-state index in [9.17, 15) is 14.7 Å². The maximum atomic E-state index is 12.2. The number of benzene rings is 1. The molecule has 1 aromatic heterocycles. The Labute approximate surface area is 144 Å². The third kappa shape index (κ3) is 3.01. The molecular formula is C17H21N5O3. The molecule has 1 saturated heterocycles. The Hall–Kier alpha value is -2.71. The first kappa shape index (κ1) is 17.1. The number of aromatic nitrogens is 2. The fourth-order valence-electron chi connectivity index (χ4n) is 3.07. The minimum absolute atomic E-state index is 0.0160. The number of aromatic hydroxyl groups is 1. The lowest BCUT2D eigenvalue weighted by molar-refractivity contribution is 0.410. The predicted molar refractivity (Wildman–Crippen MR) is 94.9 cm³/mol. The van der Waals surface area contributed by atoms with Crippen LogP contribution in [0.5, 0.6) is 5.88 Å². The first-order valence-corrected chi connectivity index (χ1v) is 8.00. The summed E-state index contributed by atoms with van der Waals surface area (Å²) in [6.45, 7) is 2.04. The Morgan fingerprint density at radius 1 is 1.12 bits per heavy atom. The number of hydrazine groups is 1. The highest BCUT2D eigenvalue weighted by molar-refractivity contribution is 5.82. The number of rotatable bonds is 3. The normalized spacial score (nSPS) is 23.4. The monoisotopic (exact) mass is 343 g/mol. The first-order chi connectivity index (χ1) is 11.9. The maximum absolute atomic E-state index is 12.2. The summed E-state index contributed by atoms with van der Waals surface area (Å²) >= 11 is 0. The van der Waals surface area contributed by atoms with Crippen LogP contribution in [0.4, 0.5) is 0 Å². The van der Waals surface area contributed by atoms with E-state index in [-0.39, 0.29) is 23.7 Å². The van der Waals surface area contributed by atoms with Crippen molar-refractivity contribution in [2.45, 2.75) is 25.0 Å². The van der Waals surface area contributed by atoms with E-state index in [0.717, 1.165) is 14.7 Å². The summed E-state index contributed by atoms with van der Waals surface area (Å²) in [6.07, 6.45) is 1.02. The summed E-state index contributed by atoms with van der Waals surface area (Å²) in [6, 6.07) is 10.1. The molecule has 0 bridgehead atoms. The molecule has 1 aliphatic rings. The van der Waals surface area contributed by atoms with Gasteiger partial charge >= 0.3 is 5.69 Å². The van der Waals surface area contributed by atoms with Gasteiger partial charge in [-0.1, -0.05) is 30.3 Å².